The molecule has 2 rings (SSSR count). The van der Waals surface area contributed by atoms with Crippen LogP contribution in [0.5, 0.6) is 0 Å². The number of benzene rings is 1. The van der Waals surface area contributed by atoms with E-state index in [0.29, 0.717) is 5.56 Å². The predicted molar refractivity (Wildman–Crippen MR) is 81.7 cm³/mol. The molecular formula is C14H11N5O4. The first-order valence-corrected chi connectivity index (χ1v) is 6.35. The van der Waals surface area contributed by atoms with Crippen LogP contribution in [0.4, 0.5) is 11.4 Å². The van der Waals surface area contributed by atoms with Crippen molar-refractivity contribution in [3.63, 3.8) is 0 Å². The van der Waals surface area contributed by atoms with Crippen LogP contribution in [0.3, 0.4) is 0 Å². The minimum absolute atomic E-state index is 0.117. The Bertz CT molecular complexity index is 744. The number of carbonyl (C=O) groups is 2. The highest BCUT2D eigenvalue weighted by atomic mass is 16.6. The molecule has 116 valence electrons. The van der Waals surface area contributed by atoms with Crippen molar-refractivity contribution in [2.24, 2.45) is 5.10 Å². The number of pyridine rings is 1. The molecule has 2 N–H and O–H groups in total. The average Bonchev–Trinajstić information content (AvgIpc) is 2.56. The third-order valence-corrected chi connectivity index (χ3v) is 2.61. The van der Waals surface area contributed by atoms with Crippen LogP contribution in [0.2, 0.25) is 0 Å². The van der Waals surface area contributed by atoms with Crippen LogP contribution in [0.1, 0.15) is 5.56 Å². The second kappa shape index (κ2) is 7.41. The van der Waals surface area contributed by atoms with Gasteiger partial charge in [0.05, 0.1) is 11.1 Å². The summed E-state index contributed by atoms with van der Waals surface area (Å²) in [7, 11) is 0. The maximum absolute atomic E-state index is 11.6. The fraction of sp³-hybridized carbons (Fsp3) is 0. The van der Waals surface area contributed by atoms with Crippen LogP contribution in [0.15, 0.2) is 53.9 Å². The van der Waals surface area contributed by atoms with Crippen LogP contribution < -0.4 is 10.7 Å². The standard InChI is InChI=1S/C14H11N5O4/c20-13(17-11-3-5-12(6-4-11)19(22)23)14(21)18-16-9-10-2-1-7-15-8-10/h1-9H,(H,17,20)(H,18,21)/b16-9-. The fourth-order valence-electron chi connectivity index (χ4n) is 1.52. The van der Waals surface area contributed by atoms with Gasteiger partial charge in [0.2, 0.25) is 0 Å². The van der Waals surface area contributed by atoms with Gasteiger partial charge in [0.15, 0.2) is 0 Å². The zero-order valence-electron chi connectivity index (χ0n) is 11.7. The number of rotatable bonds is 4. The summed E-state index contributed by atoms with van der Waals surface area (Å²) in [6.07, 6.45) is 4.46. The van der Waals surface area contributed by atoms with Crippen molar-refractivity contribution in [3.05, 3.63) is 64.5 Å². The highest BCUT2D eigenvalue weighted by Crippen LogP contribution is 2.15. The molecule has 0 saturated heterocycles. The molecule has 0 aliphatic heterocycles. The van der Waals surface area contributed by atoms with E-state index in [1.165, 1.54) is 36.7 Å². The number of hydrogen-bond acceptors (Lipinski definition) is 6. The summed E-state index contributed by atoms with van der Waals surface area (Å²) in [6.45, 7) is 0. The predicted octanol–water partition coefficient (Wildman–Crippen LogP) is 1.08. The Morgan fingerprint density at radius 2 is 1.91 bits per heavy atom. The van der Waals surface area contributed by atoms with E-state index in [2.05, 4.69) is 20.8 Å². The molecule has 0 aliphatic carbocycles. The van der Waals surface area contributed by atoms with E-state index in [4.69, 9.17) is 0 Å². The second-order valence-electron chi connectivity index (χ2n) is 4.24. The molecule has 2 aromatic rings. The third kappa shape index (κ3) is 4.70. The molecule has 1 aromatic heterocycles. The van der Waals surface area contributed by atoms with Gasteiger partial charge >= 0.3 is 11.8 Å². The fourth-order valence-corrected chi connectivity index (χ4v) is 1.52. The van der Waals surface area contributed by atoms with Gasteiger partial charge in [-0.3, -0.25) is 24.7 Å². The molecule has 0 atom stereocenters. The lowest BCUT2D eigenvalue weighted by Crippen LogP contribution is -2.32. The quantitative estimate of drug-likeness (QED) is 0.378. The number of nitrogens with one attached hydrogen (secondary N) is 2. The molecule has 1 aromatic carbocycles. The number of aromatic nitrogens is 1. The molecule has 2 amide bonds. The number of carbonyl (C=O) groups excluding carboxylic acids is 2. The number of nitro groups is 1. The summed E-state index contributed by atoms with van der Waals surface area (Å²) in [5.41, 5.74) is 2.86. The number of anilines is 1. The first kappa shape index (κ1) is 15.8. The van der Waals surface area contributed by atoms with Gasteiger partial charge in [-0.15, -0.1) is 0 Å². The zero-order valence-corrected chi connectivity index (χ0v) is 11.7. The van der Waals surface area contributed by atoms with Crippen LogP contribution in [0.25, 0.3) is 0 Å². The topological polar surface area (TPSA) is 127 Å². The monoisotopic (exact) mass is 313 g/mol. The Balaban J connectivity index is 1.88. The lowest BCUT2D eigenvalue weighted by atomic mass is 10.3. The van der Waals surface area contributed by atoms with E-state index in [0.717, 1.165) is 0 Å². The Labute approximate surface area is 130 Å². The number of nitro benzene ring substituents is 1. The van der Waals surface area contributed by atoms with E-state index in [-0.39, 0.29) is 11.4 Å². The molecular weight excluding hydrogens is 302 g/mol. The summed E-state index contributed by atoms with van der Waals surface area (Å²) in [4.78, 5) is 37.0. The summed E-state index contributed by atoms with van der Waals surface area (Å²) in [6, 6.07) is 8.50. The summed E-state index contributed by atoms with van der Waals surface area (Å²) in [5, 5.41) is 16.4. The molecule has 0 bridgehead atoms. The number of hydrogen-bond donors (Lipinski definition) is 2. The number of nitrogens with zero attached hydrogens (tertiary/aromatic N) is 3. The highest BCUT2D eigenvalue weighted by molar-refractivity contribution is 6.39. The van der Waals surface area contributed by atoms with Crippen molar-refractivity contribution in [1.82, 2.24) is 10.4 Å². The summed E-state index contributed by atoms with van der Waals surface area (Å²) < 4.78 is 0. The van der Waals surface area contributed by atoms with Crippen molar-refractivity contribution >= 4 is 29.4 Å². The Morgan fingerprint density at radius 3 is 2.52 bits per heavy atom. The maximum Gasteiger partial charge on any atom is 0.329 e. The van der Waals surface area contributed by atoms with Gasteiger partial charge < -0.3 is 5.32 Å². The zero-order chi connectivity index (χ0) is 16.7. The van der Waals surface area contributed by atoms with Crippen molar-refractivity contribution < 1.29 is 14.5 Å². The summed E-state index contributed by atoms with van der Waals surface area (Å²) in [5.74, 6) is -1.91. The van der Waals surface area contributed by atoms with Crippen molar-refractivity contribution in [1.29, 1.82) is 0 Å². The van der Waals surface area contributed by atoms with Crippen LogP contribution in [0, 0.1) is 10.1 Å². The molecule has 1 heterocycles. The van der Waals surface area contributed by atoms with Gasteiger partial charge in [0.1, 0.15) is 0 Å². The highest BCUT2D eigenvalue weighted by Gasteiger charge is 2.13. The van der Waals surface area contributed by atoms with Crippen LogP contribution in [-0.4, -0.2) is 27.9 Å². The smallest absolute Gasteiger partial charge is 0.318 e. The van der Waals surface area contributed by atoms with Crippen molar-refractivity contribution in [2.45, 2.75) is 0 Å². The molecule has 9 heteroatoms. The SMILES string of the molecule is O=C(N/N=C\c1cccnc1)C(=O)Nc1ccc([N+](=O)[O-])cc1. The molecule has 0 saturated carbocycles. The van der Waals surface area contributed by atoms with E-state index in [1.54, 1.807) is 18.3 Å². The summed E-state index contributed by atoms with van der Waals surface area (Å²) >= 11 is 0. The van der Waals surface area contributed by atoms with Gasteiger partial charge in [-0.25, -0.2) is 5.43 Å². The molecule has 9 nitrogen and oxygen atoms in total. The normalized spacial score (nSPS) is 10.3. The average molecular weight is 313 g/mol. The van der Waals surface area contributed by atoms with Crippen molar-refractivity contribution in [3.8, 4) is 0 Å². The Kier molecular flexibility index (Phi) is 5.08. The van der Waals surface area contributed by atoms with E-state index < -0.39 is 16.7 Å². The lowest BCUT2D eigenvalue weighted by molar-refractivity contribution is -0.384. The second-order valence-corrected chi connectivity index (χ2v) is 4.24. The van der Waals surface area contributed by atoms with Gasteiger partial charge in [-0.2, -0.15) is 5.10 Å². The molecule has 0 fully saturated rings. The number of hydrazone groups is 1. The van der Waals surface area contributed by atoms with Gasteiger partial charge in [0.25, 0.3) is 5.69 Å². The molecule has 0 unspecified atom stereocenters. The van der Waals surface area contributed by atoms with Crippen LogP contribution in [-0.2, 0) is 9.59 Å². The minimum Gasteiger partial charge on any atom is -0.318 e. The Hall–Kier alpha value is -3.62. The van der Waals surface area contributed by atoms with E-state index >= 15 is 0 Å². The minimum atomic E-state index is -0.969. The maximum atomic E-state index is 11.6. The van der Waals surface area contributed by atoms with E-state index in [9.17, 15) is 19.7 Å². The van der Waals surface area contributed by atoms with Crippen molar-refractivity contribution in [2.75, 3.05) is 5.32 Å². The number of non-ortho nitro benzene ring substituents is 1. The first-order chi connectivity index (χ1) is 11.1. The molecule has 0 radical (unpaired) electrons. The van der Waals surface area contributed by atoms with Crippen LogP contribution >= 0.6 is 0 Å². The first-order valence-electron chi connectivity index (χ1n) is 6.35. The molecule has 0 aliphatic rings. The lowest BCUT2D eigenvalue weighted by Gasteiger charge is -2.03. The number of amides is 2. The Morgan fingerprint density at radius 1 is 1.17 bits per heavy atom. The van der Waals surface area contributed by atoms with Gasteiger partial charge in [-0.1, -0.05) is 6.07 Å². The van der Waals surface area contributed by atoms with Gasteiger partial charge in [0, 0.05) is 35.8 Å². The van der Waals surface area contributed by atoms with E-state index in [1.807, 2.05) is 0 Å². The third-order valence-electron chi connectivity index (χ3n) is 2.61. The molecule has 0 spiro atoms. The largest absolute Gasteiger partial charge is 0.329 e. The van der Waals surface area contributed by atoms with Gasteiger partial charge in [-0.05, 0) is 18.2 Å². The molecule has 23 heavy (non-hydrogen) atoms.